The molecule has 2 heterocycles. The number of morpholine rings is 1. The van der Waals surface area contributed by atoms with Crippen molar-refractivity contribution in [3.05, 3.63) is 22.9 Å². The molecule has 0 amide bonds. The van der Waals surface area contributed by atoms with E-state index in [9.17, 15) is 0 Å². The molecule has 1 aliphatic rings. The standard InChI is InChI=1S/C12H18N4O2/c1-8-7-9(2)14-12(10(8)11(13)15-17)16-3-5-18-6-4-16/h7,17H,3-6H2,1-2H3,(H2,13,15). The van der Waals surface area contributed by atoms with Crippen LogP contribution < -0.4 is 10.6 Å². The molecule has 0 radical (unpaired) electrons. The average molecular weight is 250 g/mol. The minimum atomic E-state index is 0.0986. The molecule has 1 aromatic rings. The Bertz CT molecular complexity index is 467. The molecule has 0 unspecified atom stereocenters. The van der Waals surface area contributed by atoms with E-state index >= 15 is 0 Å². The van der Waals surface area contributed by atoms with Crippen molar-refractivity contribution in [3.63, 3.8) is 0 Å². The summed E-state index contributed by atoms with van der Waals surface area (Å²) in [6, 6.07) is 1.93. The molecule has 0 saturated carbocycles. The van der Waals surface area contributed by atoms with Crippen LogP contribution in [0.25, 0.3) is 0 Å². The van der Waals surface area contributed by atoms with Crippen molar-refractivity contribution in [1.29, 1.82) is 0 Å². The fraction of sp³-hybridized carbons (Fsp3) is 0.500. The van der Waals surface area contributed by atoms with Gasteiger partial charge in [0.25, 0.3) is 0 Å². The van der Waals surface area contributed by atoms with Crippen LogP contribution in [-0.4, -0.2) is 42.3 Å². The smallest absolute Gasteiger partial charge is 0.174 e. The first-order valence-corrected chi connectivity index (χ1v) is 5.92. The normalized spacial score (nSPS) is 17.0. The van der Waals surface area contributed by atoms with Gasteiger partial charge in [0.15, 0.2) is 5.84 Å². The highest BCUT2D eigenvalue weighted by atomic mass is 16.5. The van der Waals surface area contributed by atoms with E-state index in [4.69, 9.17) is 15.7 Å². The number of anilines is 1. The lowest BCUT2D eigenvalue weighted by Gasteiger charge is -2.30. The summed E-state index contributed by atoms with van der Waals surface area (Å²) in [4.78, 5) is 6.63. The number of pyridine rings is 1. The average Bonchev–Trinajstić information content (AvgIpc) is 2.38. The number of oxime groups is 1. The van der Waals surface area contributed by atoms with Crippen molar-refractivity contribution < 1.29 is 9.94 Å². The van der Waals surface area contributed by atoms with Gasteiger partial charge in [0.1, 0.15) is 5.82 Å². The SMILES string of the molecule is Cc1cc(C)c(/C(N)=N/O)c(N2CCOCC2)n1. The molecule has 2 rings (SSSR count). The Hall–Kier alpha value is -1.82. The Kier molecular flexibility index (Phi) is 3.66. The second-order valence-electron chi connectivity index (χ2n) is 4.36. The van der Waals surface area contributed by atoms with Gasteiger partial charge in [-0.05, 0) is 25.5 Å². The molecule has 98 valence electrons. The first kappa shape index (κ1) is 12.6. The third-order valence-corrected chi connectivity index (χ3v) is 3.00. The molecule has 18 heavy (non-hydrogen) atoms. The lowest BCUT2D eigenvalue weighted by atomic mass is 10.1. The van der Waals surface area contributed by atoms with Gasteiger partial charge in [0.05, 0.1) is 18.8 Å². The number of nitrogens with two attached hydrogens (primary N) is 1. The number of amidine groups is 1. The number of ether oxygens (including phenoxy) is 1. The Morgan fingerprint density at radius 2 is 2.11 bits per heavy atom. The predicted molar refractivity (Wildman–Crippen MR) is 69.3 cm³/mol. The van der Waals surface area contributed by atoms with Gasteiger partial charge in [0, 0.05) is 18.8 Å². The van der Waals surface area contributed by atoms with Crippen molar-refractivity contribution in [1.82, 2.24) is 4.98 Å². The van der Waals surface area contributed by atoms with Gasteiger partial charge in [-0.2, -0.15) is 0 Å². The van der Waals surface area contributed by atoms with E-state index in [0.29, 0.717) is 18.8 Å². The largest absolute Gasteiger partial charge is 0.409 e. The second-order valence-corrected chi connectivity index (χ2v) is 4.36. The Morgan fingerprint density at radius 3 is 2.72 bits per heavy atom. The van der Waals surface area contributed by atoms with Crippen molar-refractivity contribution in [2.45, 2.75) is 13.8 Å². The summed E-state index contributed by atoms with van der Waals surface area (Å²) in [5.74, 6) is 0.868. The van der Waals surface area contributed by atoms with Gasteiger partial charge in [-0.3, -0.25) is 0 Å². The molecule has 1 fully saturated rings. The van der Waals surface area contributed by atoms with Crippen molar-refractivity contribution in [2.24, 2.45) is 10.9 Å². The molecule has 0 bridgehead atoms. The molecule has 0 atom stereocenters. The molecule has 6 nitrogen and oxygen atoms in total. The molecule has 1 saturated heterocycles. The maximum Gasteiger partial charge on any atom is 0.174 e. The highest BCUT2D eigenvalue weighted by molar-refractivity contribution is 6.02. The first-order chi connectivity index (χ1) is 8.63. The van der Waals surface area contributed by atoms with Crippen molar-refractivity contribution in [2.75, 3.05) is 31.2 Å². The van der Waals surface area contributed by atoms with Crippen LogP contribution in [0.5, 0.6) is 0 Å². The minimum Gasteiger partial charge on any atom is -0.409 e. The van der Waals surface area contributed by atoms with Crippen LogP contribution in [0.15, 0.2) is 11.2 Å². The summed E-state index contributed by atoms with van der Waals surface area (Å²) in [6.07, 6.45) is 0. The molecular formula is C12H18N4O2. The molecule has 3 N–H and O–H groups in total. The molecule has 6 heteroatoms. The fourth-order valence-electron chi connectivity index (χ4n) is 2.19. The van der Waals surface area contributed by atoms with E-state index in [1.165, 1.54) is 0 Å². The Balaban J connectivity index is 2.49. The third kappa shape index (κ3) is 2.38. The van der Waals surface area contributed by atoms with Crippen LogP contribution in [0.3, 0.4) is 0 Å². The summed E-state index contributed by atoms with van der Waals surface area (Å²) in [7, 11) is 0. The molecule has 1 aliphatic heterocycles. The van der Waals surface area contributed by atoms with E-state index in [0.717, 1.165) is 30.2 Å². The Labute approximate surface area is 106 Å². The minimum absolute atomic E-state index is 0.0986. The number of hydrogen-bond donors (Lipinski definition) is 2. The molecule has 1 aromatic heterocycles. The van der Waals surface area contributed by atoms with Crippen molar-refractivity contribution in [3.8, 4) is 0 Å². The molecular weight excluding hydrogens is 232 g/mol. The van der Waals surface area contributed by atoms with Gasteiger partial charge in [-0.15, -0.1) is 0 Å². The zero-order chi connectivity index (χ0) is 13.1. The summed E-state index contributed by atoms with van der Waals surface area (Å²) in [5, 5.41) is 12.0. The quantitative estimate of drug-likeness (QED) is 0.348. The van der Waals surface area contributed by atoms with Crippen molar-refractivity contribution >= 4 is 11.7 Å². The number of aromatic nitrogens is 1. The monoisotopic (exact) mass is 250 g/mol. The first-order valence-electron chi connectivity index (χ1n) is 5.92. The van der Waals surface area contributed by atoms with E-state index in [2.05, 4.69) is 15.0 Å². The summed E-state index contributed by atoms with van der Waals surface area (Å²) >= 11 is 0. The molecule has 0 aromatic carbocycles. The summed E-state index contributed by atoms with van der Waals surface area (Å²) < 4.78 is 5.33. The lowest BCUT2D eigenvalue weighted by Crippen LogP contribution is -2.38. The fourth-order valence-corrected chi connectivity index (χ4v) is 2.19. The zero-order valence-corrected chi connectivity index (χ0v) is 10.7. The predicted octanol–water partition coefficient (Wildman–Crippen LogP) is 0.630. The lowest BCUT2D eigenvalue weighted by molar-refractivity contribution is 0.122. The van der Waals surface area contributed by atoms with Gasteiger partial charge in [-0.25, -0.2) is 4.98 Å². The highest BCUT2D eigenvalue weighted by Crippen LogP contribution is 2.23. The van der Waals surface area contributed by atoms with Crippen LogP contribution in [0, 0.1) is 13.8 Å². The Morgan fingerprint density at radius 1 is 1.44 bits per heavy atom. The van der Waals surface area contributed by atoms with Gasteiger partial charge in [-0.1, -0.05) is 5.16 Å². The van der Waals surface area contributed by atoms with Crippen LogP contribution in [0.1, 0.15) is 16.8 Å². The van der Waals surface area contributed by atoms with Crippen LogP contribution in [0.4, 0.5) is 5.82 Å². The van der Waals surface area contributed by atoms with E-state index in [1.54, 1.807) is 0 Å². The molecule has 0 aliphatic carbocycles. The van der Waals surface area contributed by atoms with Gasteiger partial charge < -0.3 is 20.6 Å². The number of aryl methyl sites for hydroxylation is 2. The van der Waals surface area contributed by atoms with Gasteiger partial charge in [0.2, 0.25) is 0 Å². The van der Waals surface area contributed by atoms with Gasteiger partial charge >= 0.3 is 0 Å². The maximum atomic E-state index is 8.90. The number of hydrogen-bond acceptors (Lipinski definition) is 5. The van der Waals surface area contributed by atoms with Crippen LogP contribution >= 0.6 is 0 Å². The number of nitrogens with zero attached hydrogens (tertiary/aromatic N) is 3. The number of rotatable bonds is 2. The zero-order valence-electron chi connectivity index (χ0n) is 10.7. The highest BCUT2D eigenvalue weighted by Gasteiger charge is 2.20. The van der Waals surface area contributed by atoms with Crippen LogP contribution in [-0.2, 0) is 4.74 Å². The maximum absolute atomic E-state index is 8.90. The van der Waals surface area contributed by atoms with Crippen LogP contribution in [0.2, 0.25) is 0 Å². The summed E-state index contributed by atoms with van der Waals surface area (Å²) in [5.41, 5.74) is 8.33. The summed E-state index contributed by atoms with van der Waals surface area (Å²) in [6.45, 7) is 6.75. The van der Waals surface area contributed by atoms with E-state index in [-0.39, 0.29) is 5.84 Å². The second kappa shape index (κ2) is 5.22. The van der Waals surface area contributed by atoms with E-state index < -0.39 is 0 Å². The topological polar surface area (TPSA) is 84.0 Å². The third-order valence-electron chi connectivity index (χ3n) is 3.00. The molecule has 0 spiro atoms. The van der Waals surface area contributed by atoms with E-state index in [1.807, 2.05) is 19.9 Å².